The first-order chi connectivity index (χ1) is 10.0. The van der Waals surface area contributed by atoms with Crippen molar-refractivity contribution in [3.8, 4) is 0 Å². The number of hydrogen-bond acceptors (Lipinski definition) is 6. The Bertz CT molecular complexity index is 610. The molecule has 1 aromatic carbocycles. The summed E-state index contributed by atoms with van der Waals surface area (Å²) in [6.07, 6.45) is 1.48. The summed E-state index contributed by atoms with van der Waals surface area (Å²) in [4.78, 5) is 35.1. The Labute approximate surface area is 121 Å². The van der Waals surface area contributed by atoms with E-state index < -0.39 is 23.3 Å². The highest BCUT2D eigenvalue weighted by molar-refractivity contribution is 6.22. The Kier molecular flexibility index (Phi) is 3.80. The molecule has 0 amide bonds. The highest BCUT2D eigenvalue weighted by Gasteiger charge is 2.60. The van der Waals surface area contributed by atoms with Crippen molar-refractivity contribution >= 4 is 23.5 Å². The number of methoxy groups -OCH3 is 3. The first-order valence-corrected chi connectivity index (χ1v) is 6.10. The normalized spacial score (nSPS) is 14.7. The number of esters is 3. The van der Waals surface area contributed by atoms with Gasteiger partial charge in [-0.25, -0.2) is 4.79 Å². The smallest absolute Gasteiger partial charge is 0.337 e. The summed E-state index contributed by atoms with van der Waals surface area (Å²) in [7, 11) is 3.70. The maximum absolute atomic E-state index is 11.9. The summed E-state index contributed by atoms with van der Waals surface area (Å²) in [5, 5.41) is 0. The van der Waals surface area contributed by atoms with Gasteiger partial charge in [-0.05, 0) is 29.3 Å². The zero-order chi connectivity index (χ0) is 15.6. The number of carbonyl (C=O) groups excluding carboxylic acids is 3. The molecule has 0 bridgehead atoms. The lowest BCUT2D eigenvalue weighted by Crippen LogP contribution is -2.31. The minimum absolute atomic E-state index is 0.379. The van der Waals surface area contributed by atoms with E-state index in [4.69, 9.17) is 0 Å². The van der Waals surface area contributed by atoms with Crippen molar-refractivity contribution in [1.29, 1.82) is 0 Å². The Morgan fingerprint density at radius 3 is 1.81 bits per heavy atom. The maximum atomic E-state index is 11.9. The molecule has 0 unspecified atom stereocenters. The maximum Gasteiger partial charge on any atom is 0.337 e. The third-order valence-electron chi connectivity index (χ3n) is 3.33. The predicted molar refractivity (Wildman–Crippen MR) is 72.2 cm³/mol. The van der Waals surface area contributed by atoms with Crippen LogP contribution >= 0.6 is 0 Å². The number of benzene rings is 1. The highest BCUT2D eigenvalue weighted by Crippen LogP contribution is 2.52. The molecule has 0 heterocycles. The monoisotopic (exact) mass is 290 g/mol. The van der Waals surface area contributed by atoms with Gasteiger partial charge in [-0.2, -0.15) is 0 Å². The average Bonchev–Trinajstić information content (AvgIpc) is 3.29. The standard InChI is InChI=1S/C15H14O6/c1-19-12(16)10-6-4-9(5-7-10)11-8-15(11,13(17)20-2)14(18)21-3/h4-8H,1-3H3. The van der Waals surface area contributed by atoms with E-state index in [-0.39, 0.29) is 0 Å². The van der Waals surface area contributed by atoms with Gasteiger partial charge in [-0.1, -0.05) is 12.1 Å². The predicted octanol–water partition coefficient (Wildman–Crippen LogP) is 1.20. The van der Waals surface area contributed by atoms with Crippen LogP contribution in [-0.4, -0.2) is 39.2 Å². The van der Waals surface area contributed by atoms with E-state index in [1.807, 2.05) is 0 Å². The van der Waals surface area contributed by atoms with Crippen LogP contribution in [0.25, 0.3) is 5.57 Å². The largest absolute Gasteiger partial charge is 0.468 e. The van der Waals surface area contributed by atoms with Crippen molar-refractivity contribution in [1.82, 2.24) is 0 Å². The van der Waals surface area contributed by atoms with Crippen LogP contribution in [0.3, 0.4) is 0 Å². The van der Waals surface area contributed by atoms with Crippen molar-refractivity contribution in [3.63, 3.8) is 0 Å². The minimum atomic E-state index is -1.48. The Balaban J connectivity index is 2.27. The molecule has 21 heavy (non-hydrogen) atoms. The van der Waals surface area contributed by atoms with Gasteiger partial charge in [-0.15, -0.1) is 0 Å². The molecule has 1 aliphatic carbocycles. The fraction of sp³-hybridized carbons (Fsp3) is 0.267. The third kappa shape index (κ3) is 2.29. The quantitative estimate of drug-likeness (QED) is 0.471. The Morgan fingerprint density at radius 1 is 0.857 bits per heavy atom. The minimum Gasteiger partial charge on any atom is -0.468 e. The van der Waals surface area contributed by atoms with E-state index in [0.29, 0.717) is 16.7 Å². The first-order valence-electron chi connectivity index (χ1n) is 6.10. The van der Waals surface area contributed by atoms with Gasteiger partial charge in [0.15, 0.2) is 0 Å². The van der Waals surface area contributed by atoms with E-state index in [1.165, 1.54) is 27.4 Å². The van der Waals surface area contributed by atoms with Crippen molar-refractivity contribution in [2.45, 2.75) is 0 Å². The molecule has 0 radical (unpaired) electrons. The Morgan fingerprint density at radius 2 is 1.38 bits per heavy atom. The van der Waals surface area contributed by atoms with E-state index in [9.17, 15) is 14.4 Å². The van der Waals surface area contributed by atoms with Crippen LogP contribution in [0.4, 0.5) is 0 Å². The first kappa shape index (κ1) is 14.8. The van der Waals surface area contributed by atoms with Crippen LogP contribution in [0.15, 0.2) is 30.3 Å². The van der Waals surface area contributed by atoms with E-state index >= 15 is 0 Å². The molecule has 0 saturated carbocycles. The number of carbonyl (C=O) groups is 3. The van der Waals surface area contributed by atoms with Gasteiger partial charge in [0.2, 0.25) is 5.41 Å². The molecule has 1 aromatic rings. The molecule has 2 rings (SSSR count). The van der Waals surface area contributed by atoms with Crippen molar-refractivity contribution in [2.75, 3.05) is 21.3 Å². The molecule has 0 aliphatic heterocycles. The van der Waals surface area contributed by atoms with Crippen molar-refractivity contribution < 1.29 is 28.6 Å². The SMILES string of the molecule is COC(=O)c1ccc(C2=CC2(C(=O)OC)C(=O)OC)cc1. The van der Waals surface area contributed by atoms with Crippen LogP contribution in [0, 0.1) is 5.41 Å². The van der Waals surface area contributed by atoms with E-state index in [1.54, 1.807) is 24.3 Å². The summed E-state index contributed by atoms with van der Waals surface area (Å²) < 4.78 is 13.9. The zero-order valence-electron chi connectivity index (χ0n) is 11.8. The lowest BCUT2D eigenvalue weighted by atomic mass is 9.96. The van der Waals surface area contributed by atoms with E-state index in [2.05, 4.69) is 14.2 Å². The van der Waals surface area contributed by atoms with Crippen molar-refractivity contribution in [3.05, 3.63) is 41.5 Å². The van der Waals surface area contributed by atoms with Gasteiger partial charge < -0.3 is 14.2 Å². The van der Waals surface area contributed by atoms with Crippen molar-refractivity contribution in [2.24, 2.45) is 5.41 Å². The lowest BCUT2D eigenvalue weighted by molar-refractivity contribution is -0.158. The summed E-state index contributed by atoms with van der Waals surface area (Å²) in [5.74, 6) is -1.85. The molecule has 6 heteroatoms. The molecule has 110 valence electrons. The average molecular weight is 290 g/mol. The third-order valence-corrected chi connectivity index (χ3v) is 3.33. The summed E-state index contributed by atoms with van der Waals surface area (Å²) in [5.41, 5.74) is 0.0383. The van der Waals surface area contributed by atoms with Crippen LogP contribution < -0.4 is 0 Å². The molecule has 0 aromatic heterocycles. The lowest BCUT2D eigenvalue weighted by Gasteiger charge is -2.13. The molecule has 1 aliphatic rings. The molecular formula is C15H14O6. The number of hydrogen-bond donors (Lipinski definition) is 0. The summed E-state index contributed by atoms with van der Waals surface area (Å²) in [6.45, 7) is 0. The summed E-state index contributed by atoms with van der Waals surface area (Å²) >= 11 is 0. The van der Waals surface area contributed by atoms with Crippen LogP contribution in [-0.2, 0) is 23.8 Å². The Hall–Kier alpha value is -2.63. The fourth-order valence-corrected chi connectivity index (χ4v) is 2.14. The zero-order valence-corrected chi connectivity index (χ0v) is 11.8. The summed E-state index contributed by atoms with van der Waals surface area (Å²) in [6, 6.07) is 6.37. The topological polar surface area (TPSA) is 78.9 Å². The molecule has 0 N–H and O–H groups in total. The molecule has 0 saturated heterocycles. The second-order valence-electron chi connectivity index (χ2n) is 4.42. The molecular weight excluding hydrogens is 276 g/mol. The second kappa shape index (κ2) is 5.40. The second-order valence-corrected chi connectivity index (χ2v) is 4.42. The van der Waals surface area contributed by atoms with Gasteiger partial charge in [0.25, 0.3) is 0 Å². The van der Waals surface area contributed by atoms with Gasteiger partial charge in [-0.3, -0.25) is 9.59 Å². The van der Waals surface area contributed by atoms with Gasteiger partial charge in [0, 0.05) is 0 Å². The van der Waals surface area contributed by atoms with Crippen LogP contribution in [0.2, 0.25) is 0 Å². The number of rotatable bonds is 4. The van der Waals surface area contributed by atoms with Gasteiger partial charge >= 0.3 is 17.9 Å². The molecule has 0 atom stereocenters. The molecule has 0 fully saturated rings. The van der Waals surface area contributed by atoms with Crippen LogP contribution in [0.5, 0.6) is 0 Å². The van der Waals surface area contributed by atoms with E-state index in [0.717, 1.165) is 0 Å². The molecule has 0 spiro atoms. The van der Waals surface area contributed by atoms with Gasteiger partial charge in [0.1, 0.15) is 0 Å². The van der Waals surface area contributed by atoms with Gasteiger partial charge in [0.05, 0.1) is 26.9 Å². The molecule has 6 nitrogen and oxygen atoms in total. The fourth-order valence-electron chi connectivity index (χ4n) is 2.14. The van der Waals surface area contributed by atoms with Crippen LogP contribution in [0.1, 0.15) is 15.9 Å². The highest BCUT2D eigenvalue weighted by atomic mass is 16.5. The number of ether oxygens (including phenoxy) is 3.